The summed E-state index contributed by atoms with van der Waals surface area (Å²) in [5.41, 5.74) is 1.96. The molecule has 23 heavy (non-hydrogen) atoms. The molecule has 0 aliphatic heterocycles. The Morgan fingerprint density at radius 3 is 2.22 bits per heavy atom. The summed E-state index contributed by atoms with van der Waals surface area (Å²) in [7, 11) is -3.68. The molecule has 0 heterocycles. The van der Waals surface area contributed by atoms with Crippen LogP contribution in [0, 0.1) is 6.92 Å². The average Bonchev–Trinajstić information content (AvgIpc) is 2.55. The molecule has 0 atom stereocenters. The van der Waals surface area contributed by atoms with Gasteiger partial charge in [-0.1, -0.05) is 60.2 Å². The van der Waals surface area contributed by atoms with Crippen LogP contribution in [0.4, 0.5) is 0 Å². The van der Waals surface area contributed by atoms with Gasteiger partial charge in [0.1, 0.15) is 6.29 Å². The van der Waals surface area contributed by atoms with E-state index < -0.39 is 10.0 Å². The van der Waals surface area contributed by atoms with E-state index in [0.717, 1.165) is 15.4 Å². The van der Waals surface area contributed by atoms with E-state index in [9.17, 15) is 13.2 Å². The number of benzene rings is 2. The molecule has 0 radical (unpaired) electrons. The molecule has 2 aromatic rings. The lowest BCUT2D eigenvalue weighted by molar-refractivity contribution is -0.108. The van der Waals surface area contributed by atoms with E-state index >= 15 is 0 Å². The molecule has 0 saturated carbocycles. The van der Waals surface area contributed by atoms with Crippen molar-refractivity contribution in [2.24, 2.45) is 0 Å². The van der Waals surface area contributed by atoms with E-state index in [-0.39, 0.29) is 18.0 Å². The highest BCUT2D eigenvalue weighted by Crippen LogP contribution is 2.16. The molecule has 0 N–H and O–H groups in total. The molecule has 0 aliphatic carbocycles. The molecular formula is C18H19NO3S. The Labute approximate surface area is 137 Å². The summed E-state index contributed by atoms with van der Waals surface area (Å²) < 4.78 is 26.4. The van der Waals surface area contributed by atoms with Gasteiger partial charge < -0.3 is 4.79 Å². The zero-order valence-electron chi connectivity index (χ0n) is 12.9. The molecule has 0 aliphatic rings. The fourth-order valence-corrected chi connectivity index (χ4v) is 3.40. The van der Waals surface area contributed by atoms with Gasteiger partial charge in [0, 0.05) is 6.54 Å². The van der Waals surface area contributed by atoms with Gasteiger partial charge in [-0.05, 0) is 24.6 Å². The van der Waals surface area contributed by atoms with Crippen molar-refractivity contribution in [3.63, 3.8) is 0 Å². The monoisotopic (exact) mass is 329 g/mol. The molecule has 0 aromatic heterocycles. The molecule has 0 amide bonds. The summed E-state index contributed by atoms with van der Waals surface area (Å²) in [5, 5.41) is 0. The number of carbonyl (C=O) groups is 1. The highest BCUT2D eigenvalue weighted by molar-refractivity contribution is 7.89. The third-order valence-corrected chi connectivity index (χ3v) is 5.20. The molecule has 5 heteroatoms. The van der Waals surface area contributed by atoms with Crippen LogP contribution in [-0.4, -0.2) is 32.1 Å². The predicted octanol–water partition coefficient (Wildman–Crippen LogP) is 2.90. The van der Waals surface area contributed by atoms with E-state index in [1.807, 2.05) is 43.3 Å². The summed E-state index contributed by atoms with van der Waals surface area (Å²) >= 11 is 0. The molecule has 2 aromatic carbocycles. The molecule has 120 valence electrons. The fourth-order valence-electron chi connectivity index (χ4n) is 2.08. The number of sulfonamides is 1. The van der Waals surface area contributed by atoms with Crippen molar-refractivity contribution in [3.8, 4) is 0 Å². The number of hydrogen-bond acceptors (Lipinski definition) is 3. The molecule has 0 saturated heterocycles. The maximum atomic E-state index is 12.6. The van der Waals surface area contributed by atoms with E-state index in [1.165, 1.54) is 0 Å². The molecule has 0 bridgehead atoms. The predicted molar refractivity (Wildman–Crippen MR) is 91.5 cm³/mol. The quantitative estimate of drug-likeness (QED) is 0.734. The molecule has 0 fully saturated rings. The molecule has 2 rings (SSSR count). The van der Waals surface area contributed by atoms with Crippen LogP contribution in [0.3, 0.4) is 0 Å². The number of aldehydes is 1. The van der Waals surface area contributed by atoms with E-state index in [1.54, 1.807) is 30.3 Å². The fraction of sp³-hybridized carbons (Fsp3) is 0.167. The highest BCUT2D eigenvalue weighted by Gasteiger charge is 2.22. The van der Waals surface area contributed by atoms with Gasteiger partial charge >= 0.3 is 0 Å². The summed E-state index contributed by atoms with van der Waals surface area (Å²) in [6.07, 6.45) is 4.18. The molecule has 0 unspecified atom stereocenters. The maximum Gasteiger partial charge on any atom is 0.243 e. The second-order valence-corrected chi connectivity index (χ2v) is 7.05. The summed E-state index contributed by atoms with van der Waals surface area (Å²) in [6.45, 7) is 1.86. The topological polar surface area (TPSA) is 54.5 Å². The van der Waals surface area contributed by atoms with Crippen LogP contribution in [0.2, 0.25) is 0 Å². The first-order valence-corrected chi connectivity index (χ1v) is 8.70. The summed E-state index contributed by atoms with van der Waals surface area (Å²) in [6, 6.07) is 16.2. The Bertz CT molecular complexity index is 766. The summed E-state index contributed by atoms with van der Waals surface area (Å²) in [4.78, 5) is 11.0. The van der Waals surface area contributed by atoms with Crippen LogP contribution >= 0.6 is 0 Å². The number of carbonyl (C=O) groups excluding carboxylic acids is 1. The van der Waals surface area contributed by atoms with Gasteiger partial charge in [-0.15, -0.1) is 0 Å². The normalized spacial score (nSPS) is 11.9. The smallest absolute Gasteiger partial charge is 0.243 e. The lowest BCUT2D eigenvalue weighted by atomic mass is 10.2. The van der Waals surface area contributed by atoms with Gasteiger partial charge in [0.15, 0.2) is 0 Å². The second kappa shape index (κ2) is 7.85. The lowest BCUT2D eigenvalue weighted by Crippen LogP contribution is -2.32. The Balaban J connectivity index is 2.18. The third kappa shape index (κ3) is 4.61. The largest absolute Gasteiger partial charge is 0.302 e. The van der Waals surface area contributed by atoms with Crippen molar-refractivity contribution in [2.45, 2.75) is 11.8 Å². The number of hydrogen-bond donors (Lipinski definition) is 0. The first-order chi connectivity index (χ1) is 11.0. The van der Waals surface area contributed by atoms with Crippen molar-refractivity contribution in [1.29, 1.82) is 0 Å². The van der Waals surface area contributed by atoms with Crippen molar-refractivity contribution in [3.05, 3.63) is 71.8 Å². The van der Waals surface area contributed by atoms with Gasteiger partial charge in [-0.25, -0.2) is 8.42 Å². The van der Waals surface area contributed by atoms with Crippen LogP contribution in [0.25, 0.3) is 6.08 Å². The van der Waals surface area contributed by atoms with Gasteiger partial charge in [-0.2, -0.15) is 4.31 Å². The minimum atomic E-state index is -3.68. The standard InChI is InChI=1S/C18H19NO3S/c1-16-9-11-18(12-10-16)23(21,22)19(14-15-20)13-5-8-17-6-3-2-4-7-17/h2-12,15H,13-14H2,1H3/b8-5+. The summed E-state index contributed by atoms with van der Waals surface area (Å²) in [5.74, 6) is 0. The van der Waals surface area contributed by atoms with E-state index in [0.29, 0.717) is 6.29 Å². The zero-order valence-corrected chi connectivity index (χ0v) is 13.7. The maximum absolute atomic E-state index is 12.6. The first kappa shape index (κ1) is 17.1. The van der Waals surface area contributed by atoms with E-state index in [4.69, 9.17) is 0 Å². The van der Waals surface area contributed by atoms with Crippen LogP contribution < -0.4 is 0 Å². The van der Waals surface area contributed by atoms with Crippen molar-refractivity contribution in [2.75, 3.05) is 13.1 Å². The van der Waals surface area contributed by atoms with Gasteiger partial charge in [0.2, 0.25) is 10.0 Å². The van der Waals surface area contributed by atoms with Crippen molar-refractivity contribution >= 4 is 22.4 Å². The Kier molecular flexibility index (Phi) is 5.84. The van der Waals surface area contributed by atoms with Crippen LogP contribution in [0.1, 0.15) is 11.1 Å². The average molecular weight is 329 g/mol. The number of aryl methyl sites for hydroxylation is 1. The number of rotatable bonds is 7. The van der Waals surface area contributed by atoms with Gasteiger partial charge in [-0.3, -0.25) is 0 Å². The Morgan fingerprint density at radius 2 is 1.61 bits per heavy atom. The Hall–Kier alpha value is -2.24. The lowest BCUT2D eigenvalue weighted by Gasteiger charge is -2.18. The molecule has 4 nitrogen and oxygen atoms in total. The van der Waals surface area contributed by atoms with Gasteiger partial charge in [0.05, 0.1) is 11.4 Å². The van der Waals surface area contributed by atoms with Crippen LogP contribution in [-0.2, 0) is 14.8 Å². The second-order valence-electron chi connectivity index (χ2n) is 5.11. The van der Waals surface area contributed by atoms with E-state index in [2.05, 4.69) is 0 Å². The Morgan fingerprint density at radius 1 is 0.957 bits per heavy atom. The van der Waals surface area contributed by atoms with Crippen LogP contribution in [0.5, 0.6) is 0 Å². The SMILES string of the molecule is Cc1ccc(S(=O)(=O)N(CC=O)C/C=C/c2ccccc2)cc1. The minimum Gasteiger partial charge on any atom is -0.302 e. The van der Waals surface area contributed by atoms with Gasteiger partial charge in [0.25, 0.3) is 0 Å². The zero-order chi connectivity index (χ0) is 16.7. The van der Waals surface area contributed by atoms with Crippen molar-refractivity contribution < 1.29 is 13.2 Å². The van der Waals surface area contributed by atoms with Crippen LogP contribution in [0.15, 0.2) is 65.6 Å². The molecular weight excluding hydrogens is 310 g/mol. The minimum absolute atomic E-state index is 0.143. The molecule has 0 spiro atoms. The third-order valence-electron chi connectivity index (χ3n) is 3.36. The first-order valence-electron chi connectivity index (χ1n) is 7.26. The highest BCUT2D eigenvalue weighted by atomic mass is 32.2. The number of nitrogens with zero attached hydrogens (tertiary/aromatic N) is 1. The van der Waals surface area contributed by atoms with Crippen molar-refractivity contribution in [1.82, 2.24) is 4.31 Å².